The molecule has 0 bridgehead atoms. The molecule has 0 saturated heterocycles. The highest BCUT2D eigenvalue weighted by molar-refractivity contribution is 7.21. The molecule has 0 saturated carbocycles. The Labute approximate surface area is 203 Å². The number of nitrogens with one attached hydrogen (secondary N) is 2. The summed E-state index contributed by atoms with van der Waals surface area (Å²) in [6, 6.07) is 18.3. The predicted molar refractivity (Wildman–Crippen MR) is 136 cm³/mol. The Kier molecular flexibility index (Phi) is 6.22. The molecule has 2 heterocycles. The van der Waals surface area contributed by atoms with Crippen molar-refractivity contribution in [3.8, 4) is 22.1 Å². The van der Waals surface area contributed by atoms with E-state index in [1.54, 1.807) is 25.6 Å². The number of aromatic nitrogens is 1. The fourth-order valence-corrected chi connectivity index (χ4v) is 5.53. The van der Waals surface area contributed by atoms with E-state index in [1.807, 2.05) is 30.3 Å². The number of ether oxygens (including phenoxy) is 2. The highest BCUT2D eigenvalue weighted by atomic mass is 32.1. The third kappa shape index (κ3) is 4.62. The maximum Gasteiger partial charge on any atom is 0.279 e. The molecule has 2 N–H and O–H groups in total. The second-order valence-electron chi connectivity index (χ2n) is 8.70. The van der Waals surface area contributed by atoms with Crippen LogP contribution in [0.15, 0.2) is 54.6 Å². The Hall–Kier alpha value is -3.42. The van der Waals surface area contributed by atoms with Crippen LogP contribution in [0.2, 0.25) is 0 Å². The Morgan fingerprint density at radius 1 is 1.03 bits per heavy atom. The molecule has 3 aromatic carbocycles. The molecular formula is C27H28N3O3S+. The molecule has 174 valence electrons. The van der Waals surface area contributed by atoms with Gasteiger partial charge in [0.05, 0.1) is 31.0 Å². The first-order chi connectivity index (χ1) is 16.5. The minimum atomic E-state index is 0.0159. The van der Waals surface area contributed by atoms with Crippen LogP contribution in [0.4, 0.5) is 5.69 Å². The van der Waals surface area contributed by atoms with Crippen molar-refractivity contribution < 1.29 is 19.2 Å². The molecule has 7 heteroatoms. The molecule has 1 aromatic heterocycles. The van der Waals surface area contributed by atoms with Crippen LogP contribution in [0.25, 0.3) is 20.8 Å². The Morgan fingerprint density at radius 3 is 2.50 bits per heavy atom. The van der Waals surface area contributed by atoms with Gasteiger partial charge < -0.3 is 19.7 Å². The van der Waals surface area contributed by atoms with Crippen molar-refractivity contribution in [3.63, 3.8) is 0 Å². The van der Waals surface area contributed by atoms with Crippen LogP contribution in [0.3, 0.4) is 0 Å². The first kappa shape index (κ1) is 22.4. The third-order valence-corrected chi connectivity index (χ3v) is 7.33. The molecular weight excluding hydrogens is 446 g/mol. The maximum absolute atomic E-state index is 12.7. The molecule has 0 spiro atoms. The highest BCUT2D eigenvalue weighted by Gasteiger charge is 2.24. The second kappa shape index (κ2) is 9.44. The minimum Gasteiger partial charge on any atom is -0.493 e. The van der Waals surface area contributed by atoms with Crippen LogP contribution in [0.1, 0.15) is 16.7 Å². The summed E-state index contributed by atoms with van der Waals surface area (Å²) in [7, 11) is 3.30. The van der Waals surface area contributed by atoms with E-state index >= 15 is 0 Å². The summed E-state index contributed by atoms with van der Waals surface area (Å²) in [6.45, 7) is 4.21. The summed E-state index contributed by atoms with van der Waals surface area (Å²) in [5.41, 5.74) is 6.59. The molecule has 1 unspecified atom stereocenters. The standard InChI is InChI=1S/C27H27N3O3S/c1-17-4-9-22-25(12-17)34-27(29-22)18-5-7-21(8-6-18)28-26(31)16-30-11-10-19-13-23(32-2)24(33-3)14-20(19)15-30/h4-9,12-14H,10-11,15-16H2,1-3H3,(H,28,31)/p+1. The second-order valence-corrected chi connectivity index (χ2v) is 9.73. The van der Waals surface area contributed by atoms with Gasteiger partial charge in [-0.05, 0) is 66.6 Å². The van der Waals surface area contributed by atoms with Gasteiger partial charge in [-0.25, -0.2) is 4.98 Å². The van der Waals surface area contributed by atoms with Crippen LogP contribution in [0.5, 0.6) is 11.5 Å². The van der Waals surface area contributed by atoms with Gasteiger partial charge in [0.2, 0.25) is 0 Å². The van der Waals surface area contributed by atoms with Crippen molar-refractivity contribution in [2.45, 2.75) is 19.9 Å². The first-order valence-corrected chi connectivity index (χ1v) is 12.2. The van der Waals surface area contributed by atoms with Gasteiger partial charge in [0.1, 0.15) is 11.6 Å². The number of nitrogens with zero attached hydrogens (tertiary/aromatic N) is 1. The van der Waals surface area contributed by atoms with Gasteiger partial charge >= 0.3 is 0 Å². The van der Waals surface area contributed by atoms with Gasteiger partial charge in [0.15, 0.2) is 18.0 Å². The Morgan fingerprint density at radius 2 is 1.76 bits per heavy atom. The van der Waals surface area contributed by atoms with E-state index in [0.717, 1.165) is 52.8 Å². The molecule has 34 heavy (non-hydrogen) atoms. The molecule has 1 aliphatic rings. The number of methoxy groups -OCH3 is 2. The molecule has 1 aliphatic heterocycles. The lowest BCUT2D eigenvalue weighted by atomic mass is 9.99. The number of carbonyl (C=O) groups excluding carboxylic acids is 1. The Balaban J connectivity index is 1.22. The van der Waals surface area contributed by atoms with Gasteiger partial charge in [-0.3, -0.25) is 4.79 Å². The van der Waals surface area contributed by atoms with Crippen LogP contribution < -0.4 is 19.7 Å². The average molecular weight is 475 g/mol. The van der Waals surface area contributed by atoms with Gasteiger partial charge in [0.25, 0.3) is 5.91 Å². The number of aryl methyl sites for hydroxylation is 1. The van der Waals surface area contributed by atoms with E-state index in [4.69, 9.17) is 14.5 Å². The maximum atomic E-state index is 12.7. The zero-order valence-corrected chi connectivity index (χ0v) is 20.4. The quantitative estimate of drug-likeness (QED) is 0.445. The van der Waals surface area contributed by atoms with Crippen molar-refractivity contribution >= 4 is 33.1 Å². The number of amides is 1. The molecule has 0 aliphatic carbocycles. The predicted octanol–water partition coefficient (Wildman–Crippen LogP) is 3.87. The number of thiazole rings is 1. The van der Waals surface area contributed by atoms with E-state index in [9.17, 15) is 4.79 Å². The lowest BCUT2D eigenvalue weighted by Crippen LogP contribution is -3.12. The summed E-state index contributed by atoms with van der Waals surface area (Å²) < 4.78 is 12.1. The van der Waals surface area contributed by atoms with E-state index in [1.165, 1.54) is 26.3 Å². The van der Waals surface area contributed by atoms with Crippen molar-refractivity contribution in [1.29, 1.82) is 0 Å². The summed E-state index contributed by atoms with van der Waals surface area (Å²) in [5.74, 6) is 1.50. The average Bonchev–Trinajstić information content (AvgIpc) is 3.26. The van der Waals surface area contributed by atoms with Gasteiger partial charge in [-0.2, -0.15) is 0 Å². The van der Waals surface area contributed by atoms with Gasteiger partial charge in [-0.1, -0.05) is 6.07 Å². The normalized spacial score (nSPS) is 15.1. The zero-order chi connectivity index (χ0) is 23.7. The lowest BCUT2D eigenvalue weighted by Gasteiger charge is -2.26. The number of benzene rings is 3. The van der Waals surface area contributed by atoms with Gasteiger partial charge in [-0.15, -0.1) is 11.3 Å². The van der Waals surface area contributed by atoms with Crippen molar-refractivity contribution in [1.82, 2.24) is 4.98 Å². The van der Waals surface area contributed by atoms with Crippen molar-refractivity contribution in [3.05, 3.63) is 71.3 Å². The number of carbonyl (C=O) groups is 1. The number of hydrogen-bond acceptors (Lipinski definition) is 5. The highest BCUT2D eigenvalue weighted by Crippen LogP contribution is 2.32. The van der Waals surface area contributed by atoms with Crippen molar-refractivity contribution in [2.24, 2.45) is 0 Å². The largest absolute Gasteiger partial charge is 0.493 e. The smallest absolute Gasteiger partial charge is 0.279 e. The zero-order valence-electron chi connectivity index (χ0n) is 19.6. The molecule has 5 rings (SSSR count). The fraction of sp³-hybridized carbons (Fsp3) is 0.259. The first-order valence-electron chi connectivity index (χ1n) is 11.4. The van der Waals surface area contributed by atoms with E-state index in [2.05, 4.69) is 36.5 Å². The van der Waals surface area contributed by atoms with E-state index in [-0.39, 0.29) is 5.91 Å². The van der Waals surface area contributed by atoms with Crippen LogP contribution in [-0.2, 0) is 17.8 Å². The molecule has 6 nitrogen and oxygen atoms in total. The topological polar surface area (TPSA) is 64.9 Å². The summed E-state index contributed by atoms with van der Waals surface area (Å²) in [6.07, 6.45) is 0.911. The molecule has 4 aromatic rings. The summed E-state index contributed by atoms with van der Waals surface area (Å²) in [5, 5.41) is 4.03. The van der Waals surface area contributed by atoms with Crippen LogP contribution >= 0.6 is 11.3 Å². The molecule has 0 radical (unpaired) electrons. The number of rotatable bonds is 6. The molecule has 1 amide bonds. The Bertz CT molecular complexity index is 1350. The number of hydrogen-bond donors (Lipinski definition) is 2. The van der Waals surface area contributed by atoms with Crippen LogP contribution in [0, 0.1) is 6.92 Å². The SMILES string of the molecule is COc1cc2c(cc1OC)C[NH+](CC(=O)Nc1ccc(-c3nc4ccc(C)cc4s3)cc1)CC2. The number of fused-ring (bicyclic) bond motifs is 2. The fourth-order valence-electron chi connectivity index (χ4n) is 4.46. The van der Waals surface area contributed by atoms with E-state index in [0.29, 0.717) is 6.54 Å². The van der Waals surface area contributed by atoms with Crippen LogP contribution in [-0.4, -0.2) is 38.2 Å². The van der Waals surface area contributed by atoms with E-state index < -0.39 is 0 Å². The summed E-state index contributed by atoms with van der Waals surface area (Å²) in [4.78, 5) is 18.7. The van der Waals surface area contributed by atoms with Crippen molar-refractivity contribution in [2.75, 3.05) is 32.6 Å². The minimum absolute atomic E-state index is 0.0159. The summed E-state index contributed by atoms with van der Waals surface area (Å²) >= 11 is 1.69. The monoisotopic (exact) mass is 474 g/mol. The van der Waals surface area contributed by atoms with Gasteiger partial charge in [0, 0.05) is 23.2 Å². The number of anilines is 1. The molecule has 1 atom stereocenters. The third-order valence-electron chi connectivity index (χ3n) is 6.26. The molecule has 0 fully saturated rings. The number of quaternary nitrogens is 1. The lowest BCUT2D eigenvalue weighted by molar-refractivity contribution is -0.907.